The van der Waals surface area contributed by atoms with Crippen LogP contribution in [0.25, 0.3) is 0 Å². The molecule has 1 aromatic carbocycles. The zero-order valence-electron chi connectivity index (χ0n) is 16.4. The maximum atomic E-state index is 13.0. The predicted molar refractivity (Wildman–Crippen MR) is 106 cm³/mol. The van der Waals surface area contributed by atoms with Crippen molar-refractivity contribution in [3.05, 3.63) is 35.4 Å². The first-order valence-electron chi connectivity index (χ1n) is 10.9. The van der Waals surface area contributed by atoms with Gasteiger partial charge in [0.15, 0.2) is 0 Å². The van der Waals surface area contributed by atoms with Crippen LogP contribution in [0.4, 0.5) is 0 Å². The minimum atomic E-state index is 0.114. The Morgan fingerprint density at radius 1 is 0.704 bits per heavy atom. The van der Waals surface area contributed by atoms with Crippen molar-refractivity contribution in [3.8, 4) is 0 Å². The van der Waals surface area contributed by atoms with Crippen LogP contribution < -0.4 is 0 Å². The number of hydrogen-bond donors (Lipinski definition) is 0. The average Bonchev–Trinajstić information content (AvgIpc) is 3.02. The van der Waals surface area contributed by atoms with Crippen LogP contribution in [-0.2, 0) is 22.6 Å². The molecule has 4 heteroatoms. The zero-order chi connectivity index (χ0) is 18.6. The van der Waals surface area contributed by atoms with Crippen molar-refractivity contribution in [1.29, 1.82) is 0 Å². The Labute approximate surface area is 162 Å². The van der Waals surface area contributed by atoms with Gasteiger partial charge < -0.3 is 9.80 Å². The number of hydrogen-bond acceptors (Lipinski definition) is 2. The van der Waals surface area contributed by atoms with Gasteiger partial charge in [-0.05, 0) is 56.1 Å². The van der Waals surface area contributed by atoms with Gasteiger partial charge in [-0.3, -0.25) is 9.59 Å². The van der Waals surface area contributed by atoms with Crippen molar-refractivity contribution in [3.63, 3.8) is 0 Å². The molecule has 2 fully saturated rings. The van der Waals surface area contributed by atoms with Crippen LogP contribution in [0, 0.1) is 11.8 Å². The molecule has 1 saturated heterocycles. The quantitative estimate of drug-likeness (QED) is 0.797. The van der Waals surface area contributed by atoms with Crippen molar-refractivity contribution >= 4 is 11.8 Å². The third-order valence-corrected chi connectivity index (χ3v) is 6.79. The van der Waals surface area contributed by atoms with Gasteiger partial charge in [0.05, 0.1) is 0 Å². The first-order valence-corrected chi connectivity index (χ1v) is 10.9. The molecule has 27 heavy (non-hydrogen) atoms. The summed E-state index contributed by atoms with van der Waals surface area (Å²) in [7, 11) is 0. The molecule has 1 aliphatic carbocycles. The Kier molecular flexibility index (Phi) is 5.80. The fraction of sp³-hybridized carbons (Fsp3) is 0.652. The summed E-state index contributed by atoms with van der Waals surface area (Å²) >= 11 is 0. The topological polar surface area (TPSA) is 40.6 Å². The molecule has 4 rings (SSSR count). The molecule has 0 aromatic heterocycles. The summed E-state index contributed by atoms with van der Waals surface area (Å²) in [5.74, 6) is 0.928. The maximum absolute atomic E-state index is 13.0. The van der Waals surface area contributed by atoms with Gasteiger partial charge in [0.25, 0.3) is 0 Å². The number of amides is 2. The van der Waals surface area contributed by atoms with E-state index >= 15 is 0 Å². The summed E-state index contributed by atoms with van der Waals surface area (Å²) in [6, 6.07) is 8.47. The molecule has 3 aliphatic rings. The van der Waals surface area contributed by atoms with Gasteiger partial charge in [-0.25, -0.2) is 0 Å². The van der Waals surface area contributed by atoms with Crippen LogP contribution in [0.5, 0.6) is 0 Å². The Bertz CT molecular complexity index is 671. The first-order chi connectivity index (χ1) is 13.2. The monoisotopic (exact) mass is 368 g/mol. The molecule has 0 N–H and O–H groups in total. The zero-order valence-corrected chi connectivity index (χ0v) is 16.4. The van der Waals surface area contributed by atoms with E-state index in [1.165, 1.54) is 24.0 Å². The van der Waals surface area contributed by atoms with Crippen LogP contribution in [0.3, 0.4) is 0 Å². The Hall–Kier alpha value is -1.84. The lowest BCUT2D eigenvalue weighted by atomic mass is 9.80. The van der Waals surface area contributed by atoms with Crippen molar-refractivity contribution in [2.24, 2.45) is 11.8 Å². The summed E-state index contributed by atoms with van der Waals surface area (Å²) in [6.07, 6.45) is 9.29. The van der Waals surface area contributed by atoms with Crippen LogP contribution in [0.15, 0.2) is 24.3 Å². The highest BCUT2D eigenvalue weighted by Crippen LogP contribution is 2.33. The van der Waals surface area contributed by atoms with E-state index in [0.717, 1.165) is 71.1 Å². The van der Waals surface area contributed by atoms with Crippen molar-refractivity contribution in [2.75, 3.05) is 19.6 Å². The summed E-state index contributed by atoms with van der Waals surface area (Å²) < 4.78 is 0. The van der Waals surface area contributed by atoms with E-state index in [0.29, 0.717) is 11.8 Å². The summed E-state index contributed by atoms with van der Waals surface area (Å²) in [5.41, 5.74) is 2.68. The molecule has 1 saturated carbocycles. The smallest absolute Gasteiger partial charge is 0.225 e. The second-order valence-corrected chi connectivity index (χ2v) is 8.57. The number of fused-ring (bicyclic) bond motifs is 1. The summed E-state index contributed by atoms with van der Waals surface area (Å²) in [5, 5.41) is 0. The molecule has 2 heterocycles. The third-order valence-electron chi connectivity index (χ3n) is 6.79. The molecule has 4 nitrogen and oxygen atoms in total. The molecule has 1 aromatic rings. The van der Waals surface area contributed by atoms with Gasteiger partial charge in [-0.1, -0.05) is 37.1 Å². The van der Waals surface area contributed by atoms with Crippen LogP contribution in [-0.4, -0.2) is 41.2 Å². The molecule has 0 spiro atoms. The predicted octanol–water partition coefficient (Wildman–Crippen LogP) is 3.78. The fourth-order valence-corrected chi connectivity index (χ4v) is 5.08. The Morgan fingerprint density at radius 2 is 1.26 bits per heavy atom. The number of rotatable bonds is 2. The largest absolute Gasteiger partial charge is 0.342 e. The number of likely N-dealkylation sites (tertiary alicyclic amines) is 1. The minimum absolute atomic E-state index is 0.114. The Balaban J connectivity index is 1.30. The van der Waals surface area contributed by atoms with Gasteiger partial charge in [0, 0.05) is 38.0 Å². The average molecular weight is 369 g/mol. The standard InChI is InChI=1S/C23H32N2O2/c26-22(24-14-5-1-2-6-15-24)19-9-11-20(12-10-19)23(27)25-16-13-18-7-3-4-8-21(18)17-25/h3-4,7-8,19-20H,1-2,5-6,9-17H2. The second kappa shape index (κ2) is 8.45. The van der Waals surface area contributed by atoms with Crippen molar-refractivity contribution in [1.82, 2.24) is 9.80 Å². The fourth-order valence-electron chi connectivity index (χ4n) is 5.08. The van der Waals surface area contributed by atoms with Crippen molar-refractivity contribution < 1.29 is 9.59 Å². The lowest BCUT2D eigenvalue weighted by molar-refractivity contribution is -0.142. The second-order valence-electron chi connectivity index (χ2n) is 8.57. The maximum Gasteiger partial charge on any atom is 0.225 e. The van der Waals surface area contributed by atoms with Crippen LogP contribution >= 0.6 is 0 Å². The molecular weight excluding hydrogens is 336 g/mol. The molecule has 2 aliphatic heterocycles. The Morgan fingerprint density at radius 3 is 1.89 bits per heavy atom. The number of benzene rings is 1. The van der Waals surface area contributed by atoms with Gasteiger partial charge in [-0.15, -0.1) is 0 Å². The first kappa shape index (κ1) is 18.5. The highest BCUT2D eigenvalue weighted by Gasteiger charge is 2.34. The summed E-state index contributed by atoms with van der Waals surface area (Å²) in [6.45, 7) is 3.46. The van der Waals surface area contributed by atoms with E-state index in [2.05, 4.69) is 29.2 Å². The molecule has 146 valence electrons. The summed E-state index contributed by atoms with van der Waals surface area (Å²) in [4.78, 5) is 30.0. The van der Waals surface area contributed by atoms with E-state index in [1.54, 1.807) is 0 Å². The SMILES string of the molecule is O=C(C1CCC(C(=O)N2CCc3ccccc3C2)CC1)N1CCCCCC1. The third kappa shape index (κ3) is 4.20. The number of carbonyl (C=O) groups excluding carboxylic acids is 2. The lowest BCUT2D eigenvalue weighted by Gasteiger charge is -2.35. The van der Waals surface area contributed by atoms with E-state index in [-0.39, 0.29) is 11.8 Å². The normalized spacial score (nSPS) is 26.2. The highest BCUT2D eigenvalue weighted by atomic mass is 16.2. The molecule has 0 unspecified atom stereocenters. The van der Waals surface area contributed by atoms with E-state index in [9.17, 15) is 9.59 Å². The number of nitrogens with zero attached hydrogens (tertiary/aromatic N) is 2. The molecule has 0 atom stereocenters. The molecule has 0 bridgehead atoms. The van der Waals surface area contributed by atoms with Crippen molar-refractivity contribution in [2.45, 2.75) is 64.3 Å². The molecule has 0 radical (unpaired) electrons. The van der Waals surface area contributed by atoms with Gasteiger partial charge >= 0.3 is 0 Å². The van der Waals surface area contributed by atoms with Gasteiger partial charge in [0.1, 0.15) is 0 Å². The van der Waals surface area contributed by atoms with Crippen LogP contribution in [0.1, 0.15) is 62.5 Å². The van der Waals surface area contributed by atoms with E-state index < -0.39 is 0 Å². The molecular formula is C23H32N2O2. The van der Waals surface area contributed by atoms with Gasteiger partial charge in [0.2, 0.25) is 11.8 Å². The number of carbonyl (C=O) groups is 2. The molecule has 2 amide bonds. The van der Waals surface area contributed by atoms with Gasteiger partial charge in [-0.2, -0.15) is 0 Å². The van der Waals surface area contributed by atoms with E-state index in [4.69, 9.17) is 0 Å². The highest BCUT2D eigenvalue weighted by molar-refractivity contribution is 5.81. The minimum Gasteiger partial charge on any atom is -0.342 e. The lowest BCUT2D eigenvalue weighted by Crippen LogP contribution is -2.43. The van der Waals surface area contributed by atoms with Crippen LogP contribution in [0.2, 0.25) is 0 Å². The van der Waals surface area contributed by atoms with E-state index in [1.807, 2.05) is 4.90 Å².